The van der Waals surface area contributed by atoms with Crippen molar-refractivity contribution < 1.29 is 9.53 Å². The molecular weight excluding hydrogens is 228 g/mol. The van der Waals surface area contributed by atoms with E-state index in [0.29, 0.717) is 0 Å². The molecule has 3 N–H and O–H groups in total. The summed E-state index contributed by atoms with van der Waals surface area (Å²) >= 11 is 0. The largest absolute Gasteiger partial charge is 0.496 e. The highest BCUT2D eigenvalue weighted by Crippen LogP contribution is 2.33. The molecule has 1 rings (SSSR count). The number of amides is 1. The lowest BCUT2D eigenvalue weighted by molar-refractivity contribution is -0.122. The number of benzene rings is 1. The molecule has 1 aromatic carbocycles. The van der Waals surface area contributed by atoms with Crippen LogP contribution in [0.5, 0.6) is 5.75 Å². The summed E-state index contributed by atoms with van der Waals surface area (Å²) in [5.41, 5.74) is 4.15. The molecular formula is C14H22N2O2. The van der Waals surface area contributed by atoms with E-state index in [9.17, 15) is 4.79 Å². The van der Waals surface area contributed by atoms with E-state index >= 15 is 0 Å². The molecule has 0 aliphatic heterocycles. The third-order valence-corrected chi connectivity index (χ3v) is 3.07. The molecule has 0 bridgehead atoms. The maximum absolute atomic E-state index is 11.6. The number of rotatable bonds is 3. The summed E-state index contributed by atoms with van der Waals surface area (Å²) in [6.45, 7) is 8.17. The Morgan fingerprint density at radius 1 is 1.39 bits per heavy atom. The van der Waals surface area contributed by atoms with Gasteiger partial charge >= 0.3 is 0 Å². The summed E-state index contributed by atoms with van der Waals surface area (Å²) < 4.78 is 5.37. The zero-order valence-corrected chi connectivity index (χ0v) is 11.7. The fraction of sp³-hybridized carbons (Fsp3) is 0.500. The third-order valence-electron chi connectivity index (χ3n) is 3.07. The van der Waals surface area contributed by atoms with E-state index in [1.807, 2.05) is 25.1 Å². The van der Waals surface area contributed by atoms with E-state index in [4.69, 9.17) is 10.6 Å². The van der Waals surface area contributed by atoms with Crippen LogP contribution in [0.1, 0.15) is 44.7 Å². The van der Waals surface area contributed by atoms with E-state index in [-0.39, 0.29) is 17.2 Å². The van der Waals surface area contributed by atoms with Crippen molar-refractivity contribution in [2.24, 2.45) is 5.84 Å². The van der Waals surface area contributed by atoms with Gasteiger partial charge in [0.2, 0.25) is 5.91 Å². The van der Waals surface area contributed by atoms with Gasteiger partial charge in [0.1, 0.15) is 5.75 Å². The molecule has 100 valence electrons. The molecule has 1 amide bonds. The normalized spacial score (nSPS) is 13.0. The lowest BCUT2D eigenvalue weighted by Gasteiger charge is -2.24. The first-order valence-electron chi connectivity index (χ1n) is 6.00. The standard InChI is InChI=1S/C14H22N2O2/c1-9(13(17)16-15)10-6-7-12(18-5)11(8-10)14(2,3)4/h6-9H,15H2,1-5H3,(H,16,17). The molecule has 0 saturated carbocycles. The number of hydrogen-bond acceptors (Lipinski definition) is 3. The van der Waals surface area contributed by atoms with Gasteiger partial charge in [0.15, 0.2) is 0 Å². The van der Waals surface area contributed by atoms with Gasteiger partial charge in [-0.1, -0.05) is 32.9 Å². The first-order chi connectivity index (χ1) is 8.31. The van der Waals surface area contributed by atoms with Gasteiger partial charge in [-0.3, -0.25) is 10.2 Å². The smallest absolute Gasteiger partial charge is 0.241 e. The number of hydrogen-bond donors (Lipinski definition) is 2. The van der Waals surface area contributed by atoms with Gasteiger partial charge in [-0.2, -0.15) is 0 Å². The Labute approximate surface area is 108 Å². The molecule has 4 heteroatoms. The quantitative estimate of drug-likeness (QED) is 0.490. The molecule has 0 aromatic heterocycles. The van der Waals surface area contributed by atoms with Crippen LogP contribution in [-0.4, -0.2) is 13.0 Å². The summed E-state index contributed by atoms with van der Waals surface area (Å²) in [7, 11) is 1.65. The highest BCUT2D eigenvalue weighted by molar-refractivity contribution is 5.82. The number of nitrogens with one attached hydrogen (secondary N) is 1. The summed E-state index contributed by atoms with van der Waals surface area (Å²) in [4.78, 5) is 11.6. The molecule has 1 aromatic rings. The van der Waals surface area contributed by atoms with Gasteiger partial charge in [-0.05, 0) is 29.5 Å². The van der Waals surface area contributed by atoms with Gasteiger partial charge in [0.25, 0.3) is 0 Å². The average molecular weight is 250 g/mol. The van der Waals surface area contributed by atoms with Gasteiger partial charge in [-0.25, -0.2) is 5.84 Å². The maximum atomic E-state index is 11.6. The zero-order chi connectivity index (χ0) is 13.9. The summed E-state index contributed by atoms with van der Waals surface area (Å²) in [6.07, 6.45) is 0. The molecule has 4 nitrogen and oxygen atoms in total. The van der Waals surface area contributed by atoms with Crippen LogP contribution in [-0.2, 0) is 10.2 Å². The van der Waals surface area contributed by atoms with Crippen molar-refractivity contribution in [3.63, 3.8) is 0 Å². The Morgan fingerprint density at radius 2 is 2.00 bits per heavy atom. The third kappa shape index (κ3) is 3.01. The number of carbonyl (C=O) groups excluding carboxylic acids is 1. The van der Waals surface area contributed by atoms with Gasteiger partial charge in [-0.15, -0.1) is 0 Å². The lowest BCUT2D eigenvalue weighted by Crippen LogP contribution is -2.33. The number of carbonyl (C=O) groups is 1. The van der Waals surface area contributed by atoms with Gasteiger partial charge < -0.3 is 4.74 Å². The van der Waals surface area contributed by atoms with Crippen LogP contribution in [0.2, 0.25) is 0 Å². The fourth-order valence-corrected chi connectivity index (χ4v) is 1.86. The van der Waals surface area contributed by atoms with Crippen molar-refractivity contribution in [3.8, 4) is 5.75 Å². The molecule has 1 unspecified atom stereocenters. The first kappa shape index (κ1) is 14.5. The van der Waals surface area contributed by atoms with Crippen molar-refractivity contribution in [1.82, 2.24) is 5.43 Å². The molecule has 0 aliphatic carbocycles. The van der Waals surface area contributed by atoms with E-state index in [0.717, 1.165) is 16.9 Å². The molecule has 0 aliphatic rings. The van der Waals surface area contributed by atoms with Crippen LogP contribution in [0.4, 0.5) is 0 Å². The Kier molecular flexibility index (Phi) is 4.35. The summed E-state index contributed by atoms with van der Waals surface area (Å²) in [5.74, 6) is 5.54. The van der Waals surface area contributed by atoms with Crippen molar-refractivity contribution in [2.75, 3.05) is 7.11 Å². The Hall–Kier alpha value is -1.55. The van der Waals surface area contributed by atoms with Crippen molar-refractivity contribution in [3.05, 3.63) is 29.3 Å². The minimum absolute atomic E-state index is 0.0414. The fourth-order valence-electron chi connectivity index (χ4n) is 1.86. The minimum Gasteiger partial charge on any atom is -0.496 e. The van der Waals surface area contributed by atoms with Crippen LogP contribution >= 0.6 is 0 Å². The van der Waals surface area contributed by atoms with Gasteiger partial charge in [0, 0.05) is 0 Å². The zero-order valence-electron chi connectivity index (χ0n) is 11.7. The van der Waals surface area contributed by atoms with Crippen LogP contribution in [0.15, 0.2) is 18.2 Å². The maximum Gasteiger partial charge on any atom is 0.241 e. The first-order valence-corrected chi connectivity index (χ1v) is 6.00. The van der Waals surface area contributed by atoms with Crippen molar-refractivity contribution in [2.45, 2.75) is 39.0 Å². The number of ether oxygens (including phenoxy) is 1. The molecule has 0 spiro atoms. The minimum atomic E-state index is -0.276. The van der Waals surface area contributed by atoms with Crippen LogP contribution < -0.4 is 16.0 Å². The van der Waals surface area contributed by atoms with Crippen LogP contribution in [0.3, 0.4) is 0 Å². The second-order valence-corrected chi connectivity index (χ2v) is 5.44. The van der Waals surface area contributed by atoms with E-state index < -0.39 is 0 Å². The highest BCUT2D eigenvalue weighted by atomic mass is 16.5. The van der Waals surface area contributed by atoms with Crippen LogP contribution in [0, 0.1) is 0 Å². The predicted octanol–water partition coefficient (Wildman–Crippen LogP) is 2.09. The summed E-state index contributed by atoms with van der Waals surface area (Å²) in [5, 5.41) is 0. The number of nitrogens with two attached hydrogens (primary N) is 1. The number of methoxy groups -OCH3 is 1. The topological polar surface area (TPSA) is 64.3 Å². The second-order valence-electron chi connectivity index (χ2n) is 5.44. The van der Waals surface area contributed by atoms with Gasteiger partial charge in [0.05, 0.1) is 13.0 Å². The van der Waals surface area contributed by atoms with E-state index in [1.54, 1.807) is 7.11 Å². The molecule has 0 fully saturated rings. The molecule has 0 heterocycles. The Balaban J connectivity index is 3.23. The SMILES string of the molecule is COc1ccc(C(C)C(=O)NN)cc1C(C)(C)C. The van der Waals surface area contributed by atoms with E-state index in [1.165, 1.54) is 0 Å². The Bertz CT molecular complexity index is 436. The van der Waals surface area contributed by atoms with E-state index in [2.05, 4.69) is 26.2 Å². The molecule has 0 saturated heterocycles. The van der Waals surface area contributed by atoms with Crippen molar-refractivity contribution in [1.29, 1.82) is 0 Å². The molecule has 1 atom stereocenters. The highest BCUT2D eigenvalue weighted by Gasteiger charge is 2.22. The lowest BCUT2D eigenvalue weighted by atomic mass is 9.84. The monoisotopic (exact) mass is 250 g/mol. The number of hydrazine groups is 1. The summed E-state index contributed by atoms with van der Waals surface area (Å²) in [6, 6.07) is 5.81. The second kappa shape index (κ2) is 5.40. The molecule has 18 heavy (non-hydrogen) atoms. The van der Waals surface area contributed by atoms with Crippen molar-refractivity contribution >= 4 is 5.91 Å². The average Bonchev–Trinajstić information content (AvgIpc) is 2.35. The molecule has 0 radical (unpaired) electrons. The van der Waals surface area contributed by atoms with Crippen LogP contribution in [0.25, 0.3) is 0 Å². The Morgan fingerprint density at radius 3 is 2.44 bits per heavy atom. The predicted molar refractivity (Wildman–Crippen MR) is 72.4 cm³/mol.